The van der Waals surface area contributed by atoms with Crippen LogP contribution in [-0.2, 0) is 31.3 Å². The number of aromatic nitrogens is 2. The number of benzene rings is 4. The number of methoxy groups -OCH3 is 1. The molecule has 3 amide bonds. The summed E-state index contributed by atoms with van der Waals surface area (Å²) in [5, 5.41) is 12.9. The van der Waals surface area contributed by atoms with Gasteiger partial charge >= 0.3 is 0 Å². The number of rotatable bonds is 14. The summed E-state index contributed by atoms with van der Waals surface area (Å²) in [7, 11) is -0.815. The number of aryl methyl sites for hydroxylation is 1. The normalized spacial score (nSPS) is 16.4. The van der Waals surface area contributed by atoms with Crippen LogP contribution < -0.4 is 20.5 Å². The van der Waals surface area contributed by atoms with E-state index in [4.69, 9.17) is 25.8 Å². The Labute approximate surface area is 351 Å². The lowest BCUT2D eigenvalue weighted by Crippen LogP contribution is -2.38. The quantitative estimate of drug-likeness (QED) is 0.139. The SMILES string of the molecule is COc1ccc(S(=O)(=O)N(CCO)CCO[C@@H]2C[C@H](c3c(C)n(C)n(-c4ccccc4)c3=O)C=C(C(=O)Nc3ccc(N4C(=O)c5ccc(Cl)cc5C4=O)c(C)c3)O2)cc1. The van der Waals surface area contributed by atoms with Crippen LogP contribution >= 0.6 is 11.6 Å². The molecule has 4 aromatic carbocycles. The number of nitrogens with zero attached hydrogens (tertiary/aromatic N) is 4. The smallest absolute Gasteiger partial charge is 0.290 e. The van der Waals surface area contributed by atoms with E-state index >= 15 is 0 Å². The number of hydrogen-bond acceptors (Lipinski definition) is 10. The average molecular weight is 856 g/mol. The van der Waals surface area contributed by atoms with Gasteiger partial charge in [0.1, 0.15) is 5.75 Å². The summed E-state index contributed by atoms with van der Waals surface area (Å²) in [6.07, 6.45) is 0.568. The molecule has 0 aliphatic carbocycles. The summed E-state index contributed by atoms with van der Waals surface area (Å²) in [6, 6.07) is 24.2. The highest BCUT2D eigenvalue weighted by Crippen LogP contribution is 2.35. The summed E-state index contributed by atoms with van der Waals surface area (Å²) in [5.41, 5.74) is 3.01. The van der Waals surface area contributed by atoms with Gasteiger partial charge in [-0.15, -0.1) is 0 Å². The fourth-order valence-electron chi connectivity index (χ4n) is 7.39. The number of ether oxygens (including phenoxy) is 3. The van der Waals surface area contributed by atoms with Gasteiger partial charge in [-0.1, -0.05) is 29.8 Å². The van der Waals surface area contributed by atoms with Crippen LogP contribution in [0.15, 0.2) is 113 Å². The number of anilines is 2. The minimum atomic E-state index is -4.05. The highest BCUT2D eigenvalue weighted by atomic mass is 35.5. The maximum absolute atomic E-state index is 14.1. The number of allylic oxidation sites excluding steroid dienone is 1. The molecule has 0 unspecified atom stereocenters. The van der Waals surface area contributed by atoms with E-state index in [0.29, 0.717) is 44.7 Å². The highest BCUT2D eigenvalue weighted by molar-refractivity contribution is 7.89. The van der Waals surface area contributed by atoms with Gasteiger partial charge in [-0.25, -0.2) is 18.0 Å². The van der Waals surface area contributed by atoms with Crippen molar-refractivity contribution in [1.82, 2.24) is 13.7 Å². The molecule has 0 radical (unpaired) electrons. The Morgan fingerprint density at radius 2 is 1.67 bits per heavy atom. The van der Waals surface area contributed by atoms with Crippen molar-refractivity contribution in [2.45, 2.75) is 37.4 Å². The molecule has 2 aliphatic heterocycles. The molecule has 2 aliphatic rings. The standard InChI is InChI=1S/C43H42ClN5O10S/c1-26-22-30(11-17-36(26)48-41(52)34-16-10-29(44)25-35(34)42(48)53)45-40(51)37-23-28(39-27(2)46(3)49(43(39)54)31-8-6-5-7-9-31)24-38(59-37)58-21-19-47(18-20-50)60(55,56)33-14-12-32(57-4)13-15-33/h5-17,22-23,25,28,38,50H,18-21,24H2,1-4H3,(H,45,51)/t28-,38+/m1/s1. The first-order valence-corrected chi connectivity index (χ1v) is 20.7. The lowest BCUT2D eigenvalue weighted by molar-refractivity contribution is -0.143. The lowest BCUT2D eigenvalue weighted by atomic mass is 9.93. The van der Waals surface area contributed by atoms with Crippen molar-refractivity contribution in [2.75, 3.05) is 43.6 Å². The van der Waals surface area contributed by atoms with Crippen LogP contribution in [0.1, 0.15) is 49.9 Å². The van der Waals surface area contributed by atoms with E-state index in [-0.39, 0.29) is 53.5 Å². The van der Waals surface area contributed by atoms with Crippen LogP contribution in [0, 0.1) is 13.8 Å². The van der Waals surface area contributed by atoms with Gasteiger partial charge < -0.3 is 24.6 Å². The number of halogens is 1. The van der Waals surface area contributed by atoms with Crippen molar-refractivity contribution in [3.8, 4) is 11.4 Å². The largest absolute Gasteiger partial charge is 0.497 e. The Morgan fingerprint density at radius 1 is 0.950 bits per heavy atom. The number of aliphatic hydroxyl groups excluding tert-OH is 1. The van der Waals surface area contributed by atoms with Gasteiger partial charge in [-0.3, -0.25) is 23.9 Å². The fraction of sp³-hybridized carbons (Fsp3) is 0.256. The first kappa shape index (κ1) is 42.1. The third-order valence-corrected chi connectivity index (χ3v) is 12.6. The van der Waals surface area contributed by atoms with Crippen LogP contribution in [0.3, 0.4) is 0 Å². The molecular weight excluding hydrogens is 814 g/mol. The zero-order chi connectivity index (χ0) is 42.9. The Hall–Kier alpha value is -6.04. The fourth-order valence-corrected chi connectivity index (χ4v) is 8.98. The number of fused-ring (bicyclic) bond motifs is 1. The van der Waals surface area contributed by atoms with Crippen molar-refractivity contribution in [3.05, 3.63) is 146 Å². The molecule has 0 spiro atoms. The van der Waals surface area contributed by atoms with E-state index in [2.05, 4.69) is 5.32 Å². The number of aliphatic hydroxyl groups is 1. The van der Waals surface area contributed by atoms with Crippen LogP contribution in [0.5, 0.6) is 5.75 Å². The van der Waals surface area contributed by atoms with Crippen molar-refractivity contribution in [2.24, 2.45) is 7.05 Å². The number of hydrogen-bond donors (Lipinski definition) is 2. The zero-order valence-corrected chi connectivity index (χ0v) is 34.7. The first-order chi connectivity index (χ1) is 28.7. The second kappa shape index (κ2) is 17.3. The highest BCUT2D eigenvalue weighted by Gasteiger charge is 2.38. The molecule has 0 saturated heterocycles. The second-order valence-electron chi connectivity index (χ2n) is 14.2. The summed E-state index contributed by atoms with van der Waals surface area (Å²) in [5.74, 6) is -2.03. The lowest BCUT2D eigenvalue weighted by Gasteiger charge is -2.30. The van der Waals surface area contributed by atoms with E-state index in [0.717, 1.165) is 9.21 Å². The third kappa shape index (κ3) is 8.11. The van der Waals surface area contributed by atoms with Crippen LogP contribution in [0.4, 0.5) is 11.4 Å². The predicted molar refractivity (Wildman–Crippen MR) is 223 cm³/mol. The summed E-state index contributed by atoms with van der Waals surface area (Å²) in [4.78, 5) is 55.7. The number of para-hydroxylation sites is 1. The summed E-state index contributed by atoms with van der Waals surface area (Å²) in [6.45, 7) is 2.50. The van der Waals surface area contributed by atoms with E-state index in [1.807, 2.05) is 30.3 Å². The Kier molecular flexibility index (Phi) is 12.1. The molecule has 312 valence electrons. The number of carbonyl (C=O) groups is 3. The number of amides is 3. The first-order valence-electron chi connectivity index (χ1n) is 18.9. The molecule has 15 nitrogen and oxygen atoms in total. The maximum Gasteiger partial charge on any atom is 0.290 e. The number of imide groups is 1. The predicted octanol–water partition coefficient (Wildman–Crippen LogP) is 5.31. The average Bonchev–Trinajstić information content (AvgIpc) is 3.61. The van der Waals surface area contributed by atoms with Crippen LogP contribution in [0.25, 0.3) is 5.69 Å². The van der Waals surface area contributed by atoms with E-state index in [1.54, 1.807) is 55.9 Å². The van der Waals surface area contributed by atoms with Crippen LogP contribution in [-0.4, -0.2) is 84.6 Å². The number of carbonyl (C=O) groups excluding carboxylic acids is 3. The van der Waals surface area contributed by atoms with E-state index in [9.17, 15) is 32.7 Å². The molecule has 2 N–H and O–H groups in total. The molecule has 0 saturated carbocycles. The van der Waals surface area contributed by atoms with Crippen molar-refractivity contribution >= 4 is 50.7 Å². The molecule has 2 atom stereocenters. The number of sulfonamides is 1. The van der Waals surface area contributed by atoms with E-state index < -0.39 is 46.6 Å². The topological polar surface area (TPSA) is 179 Å². The van der Waals surface area contributed by atoms with Gasteiger partial charge in [0.25, 0.3) is 23.3 Å². The van der Waals surface area contributed by atoms with E-state index in [1.165, 1.54) is 48.2 Å². The van der Waals surface area contributed by atoms with Gasteiger partial charge in [-0.05, 0) is 98.3 Å². The molecule has 0 fully saturated rings. The maximum atomic E-state index is 14.1. The minimum Gasteiger partial charge on any atom is -0.497 e. The monoisotopic (exact) mass is 855 g/mol. The molecule has 7 rings (SSSR count). The molecule has 17 heteroatoms. The molecule has 60 heavy (non-hydrogen) atoms. The van der Waals surface area contributed by atoms with Gasteiger partial charge in [0.15, 0.2) is 5.76 Å². The van der Waals surface area contributed by atoms with Gasteiger partial charge in [0.05, 0.1) is 47.7 Å². The van der Waals surface area contributed by atoms with Crippen molar-refractivity contribution < 1.29 is 42.1 Å². The van der Waals surface area contributed by atoms with Gasteiger partial charge in [0.2, 0.25) is 16.3 Å². The molecule has 1 aromatic heterocycles. The molecule has 0 bridgehead atoms. The molecule has 3 heterocycles. The van der Waals surface area contributed by atoms with Crippen LogP contribution in [0.2, 0.25) is 5.02 Å². The third-order valence-electron chi connectivity index (χ3n) is 10.5. The Balaban J connectivity index is 1.14. The number of nitrogens with one attached hydrogen (secondary N) is 1. The van der Waals surface area contributed by atoms with Gasteiger partial charge in [0, 0.05) is 54.4 Å². The molecular formula is C43H42ClN5O10S. The minimum absolute atomic E-state index is 0.00113. The molecule has 5 aromatic rings. The van der Waals surface area contributed by atoms with Crippen molar-refractivity contribution in [3.63, 3.8) is 0 Å². The van der Waals surface area contributed by atoms with Crippen molar-refractivity contribution in [1.29, 1.82) is 0 Å². The Morgan fingerprint density at radius 3 is 2.35 bits per heavy atom. The Bertz CT molecular complexity index is 2680. The second-order valence-corrected chi connectivity index (χ2v) is 16.5. The van der Waals surface area contributed by atoms with Gasteiger partial charge in [-0.2, -0.15) is 4.31 Å². The zero-order valence-electron chi connectivity index (χ0n) is 33.1. The summed E-state index contributed by atoms with van der Waals surface area (Å²) < 4.78 is 48.8. The summed E-state index contributed by atoms with van der Waals surface area (Å²) >= 11 is 6.09.